The molecule has 0 aromatic heterocycles. The van der Waals surface area contributed by atoms with Crippen LogP contribution in [0, 0.1) is 0 Å². The lowest BCUT2D eigenvalue weighted by molar-refractivity contribution is -0.124. The number of benzene rings is 1. The van der Waals surface area contributed by atoms with Crippen LogP contribution in [0.25, 0.3) is 0 Å². The van der Waals surface area contributed by atoms with Crippen LogP contribution in [0.2, 0.25) is 0 Å². The molecule has 0 aliphatic carbocycles. The van der Waals surface area contributed by atoms with Crippen molar-refractivity contribution in [2.24, 2.45) is 0 Å². The quantitative estimate of drug-likeness (QED) is 0.569. The second-order valence-corrected chi connectivity index (χ2v) is 7.91. The van der Waals surface area contributed by atoms with Crippen molar-refractivity contribution in [2.75, 3.05) is 40.5 Å². The van der Waals surface area contributed by atoms with Crippen LogP contribution in [0.5, 0.6) is 5.75 Å². The number of hydrogen-bond acceptors (Lipinski definition) is 6. The summed E-state index contributed by atoms with van der Waals surface area (Å²) in [5.74, 6) is 0.433. The second kappa shape index (κ2) is 12.4. The van der Waals surface area contributed by atoms with Crippen LogP contribution >= 0.6 is 0 Å². The van der Waals surface area contributed by atoms with Gasteiger partial charge in [0.15, 0.2) is 0 Å². The first kappa shape index (κ1) is 25.7. The number of alkyl carbamates (subject to hydrolysis) is 1. The van der Waals surface area contributed by atoms with Gasteiger partial charge in [-0.25, -0.2) is 4.79 Å². The number of likely N-dealkylation sites (N-methyl/N-ethyl adjacent to an activating group) is 1. The van der Waals surface area contributed by atoms with Crippen molar-refractivity contribution in [2.45, 2.75) is 52.3 Å². The minimum atomic E-state index is -0.854. The number of rotatable bonds is 11. The highest BCUT2D eigenvalue weighted by Crippen LogP contribution is 2.23. The standard InChI is InChI=1S/C22H37N3O5/c1-8-25(9-2)19(16-11-10-12-17(13-16)29-7)14-23-20(26)18(15-28-6)24-21(27)30-22(3,4)5/h10-13,18-19H,8-9,14-15H2,1-7H3,(H,23,26)(H,24,27)/t18-,19+/m0/s1. The van der Waals surface area contributed by atoms with Gasteiger partial charge in [0, 0.05) is 13.7 Å². The first-order chi connectivity index (χ1) is 14.1. The molecule has 2 N–H and O–H groups in total. The van der Waals surface area contributed by atoms with E-state index < -0.39 is 17.7 Å². The summed E-state index contributed by atoms with van der Waals surface area (Å²) in [5.41, 5.74) is 0.389. The number of nitrogens with one attached hydrogen (secondary N) is 2. The van der Waals surface area contributed by atoms with E-state index in [0.717, 1.165) is 24.4 Å². The van der Waals surface area contributed by atoms with Gasteiger partial charge in [-0.1, -0.05) is 26.0 Å². The number of nitrogens with zero attached hydrogens (tertiary/aromatic N) is 1. The molecule has 0 bridgehead atoms. The minimum absolute atomic E-state index is 0.0382. The number of hydrogen-bond donors (Lipinski definition) is 2. The highest BCUT2D eigenvalue weighted by molar-refractivity contribution is 5.85. The predicted octanol–water partition coefficient (Wildman–Crippen LogP) is 2.73. The average Bonchev–Trinajstić information content (AvgIpc) is 2.69. The molecular formula is C22H37N3O5. The maximum atomic E-state index is 12.8. The molecule has 0 radical (unpaired) electrons. The third-order valence-electron chi connectivity index (χ3n) is 4.54. The van der Waals surface area contributed by atoms with Crippen LogP contribution in [0.1, 0.15) is 46.2 Å². The summed E-state index contributed by atoms with van der Waals surface area (Å²) in [7, 11) is 3.11. The van der Waals surface area contributed by atoms with Gasteiger partial charge >= 0.3 is 6.09 Å². The fourth-order valence-electron chi connectivity index (χ4n) is 3.09. The van der Waals surface area contributed by atoms with Gasteiger partial charge in [-0.15, -0.1) is 0 Å². The van der Waals surface area contributed by atoms with Gasteiger partial charge in [-0.05, 0) is 51.6 Å². The van der Waals surface area contributed by atoms with E-state index in [1.807, 2.05) is 24.3 Å². The van der Waals surface area contributed by atoms with Crippen molar-refractivity contribution in [3.05, 3.63) is 29.8 Å². The van der Waals surface area contributed by atoms with Gasteiger partial charge in [0.1, 0.15) is 17.4 Å². The minimum Gasteiger partial charge on any atom is -0.497 e. The van der Waals surface area contributed by atoms with Crippen molar-refractivity contribution in [3.8, 4) is 5.75 Å². The van der Waals surface area contributed by atoms with E-state index in [0.29, 0.717) is 6.54 Å². The van der Waals surface area contributed by atoms with E-state index in [1.54, 1.807) is 27.9 Å². The van der Waals surface area contributed by atoms with Crippen LogP contribution in [0.4, 0.5) is 4.79 Å². The molecule has 170 valence electrons. The highest BCUT2D eigenvalue weighted by Gasteiger charge is 2.26. The maximum Gasteiger partial charge on any atom is 0.408 e. The summed E-state index contributed by atoms with van der Waals surface area (Å²) >= 11 is 0. The Morgan fingerprint density at radius 2 is 1.80 bits per heavy atom. The normalized spacial score (nSPS) is 13.5. The van der Waals surface area contributed by atoms with Crippen LogP contribution in [-0.2, 0) is 14.3 Å². The molecule has 0 unspecified atom stereocenters. The number of carbonyl (C=O) groups excluding carboxylic acids is 2. The summed E-state index contributed by atoms with van der Waals surface area (Å²) in [4.78, 5) is 27.1. The number of carbonyl (C=O) groups is 2. The molecule has 30 heavy (non-hydrogen) atoms. The summed E-state index contributed by atoms with van der Waals surface area (Å²) < 4.78 is 15.7. The molecule has 2 amide bonds. The molecule has 8 heteroatoms. The molecule has 1 aromatic rings. The Bertz CT molecular complexity index is 671. The SMILES string of the molecule is CCN(CC)[C@H](CNC(=O)[C@H](COC)NC(=O)OC(C)(C)C)c1cccc(OC)c1. The Hall–Kier alpha value is -2.32. The molecular weight excluding hydrogens is 386 g/mol. The first-order valence-corrected chi connectivity index (χ1v) is 10.3. The lowest BCUT2D eigenvalue weighted by atomic mass is 10.0. The van der Waals surface area contributed by atoms with Gasteiger partial charge in [0.05, 0.1) is 19.8 Å². The Balaban J connectivity index is 2.90. The molecule has 1 aromatic carbocycles. The number of amides is 2. The van der Waals surface area contributed by atoms with Gasteiger partial charge in [0.25, 0.3) is 0 Å². The molecule has 1 rings (SSSR count). The van der Waals surface area contributed by atoms with Gasteiger partial charge in [0.2, 0.25) is 5.91 Å². The highest BCUT2D eigenvalue weighted by atomic mass is 16.6. The average molecular weight is 424 g/mol. The van der Waals surface area contributed by atoms with Crippen LogP contribution in [-0.4, -0.2) is 69.0 Å². The van der Waals surface area contributed by atoms with Crippen LogP contribution < -0.4 is 15.4 Å². The Morgan fingerprint density at radius 1 is 1.13 bits per heavy atom. The topological polar surface area (TPSA) is 89.1 Å². The number of ether oxygens (including phenoxy) is 3. The van der Waals surface area contributed by atoms with E-state index in [1.165, 1.54) is 7.11 Å². The van der Waals surface area contributed by atoms with Crippen molar-refractivity contribution in [1.82, 2.24) is 15.5 Å². The summed E-state index contributed by atoms with van der Waals surface area (Å²) in [6.45, 7) is 11.5. The third-order valence-corrected chi connectivity index (χ3v) is 4.54. The maximum absolute atomic E-state index is 12.8. The van der Waals surface area contributed by atoms with Gasteiger partial charge < -0.3 is 24.8 Å². The second-order valence-electron chi connectivity index (χ2n) is 7.91. The van der Waals surface area contributed by atoms with E-state index >= 15 is 0 Å². The first-order valence-electron chi connectivity index (χ1n) is 10.3. The Morgan fingerprint density at radius 3 is 2.33 bits per heavy atom. The fraction of sp³-hybridized carbons (Fsp3) is 0.636. The van der Waals surface area contributed by atoms with Crippen LogP contribution in [0.15, 0.2) is 24.3 Å². The fourth-order valence-corrected chi connectivity index (χ4v) is 3.09. The molecule has 2 atom stereocenters. The summed E-state index contributed by atoms with van der Waals surface area (Å²) in [5, 5.41) is 5.53. The zero-order valence-electron chi connectivity index (χ0n) is 19.3. The van der Waals surface area contributed by atoms with Crippen molar-refractivity contribution >= 4 is 12.0 Å². The molecule has 0 spiro atoms. The van der Waals surface area contributed by atoms with Crippen molar-refractivity contribution < 1.29 is 23.8 Å². The monoisotopic (exact) mass is 423 g/mol. The molecule has 0 saturated heterocycles. The molecule has 8 nitrogen and oxygen atoms in total. The molecule has 0 aliphatic rings. The lowest BCUT2D eigenvalue weighted by Crippen LogP contribution is -2.51. The lowest BCUT2D eigenvalue weighted by Gasteiger charge is -2.31. The van der Waals surface area contributed by atoms with E-state index in [9.17, 15) is 9.59 Å². The Kier molecular flexibility index (Phi) is 10.6. The van der Waals surface area contributed by atoms with Gasteiger partial charge in [-0.3, -0.25) is 9.69 Å². The van der Waals surface area contributed by atoms with Crippen molar-refractivity contribution in [1.29, 1.82) is 0 Å². The summed E-state index contributed by atoms with van der Waals surface area (Å²) in [6.07, 6.45) is -0.659. The van der Waals surface area contributed by atoms with Crippen LogP contribution in [0.3, 0.4) is 0 Å². The molecule has 0 fully saturated rings. The molecule has 0 heterocycles. The Labute approximate surface area is 180 Å². The van der Waals surface area contributed by atoms with Crippen molar-refractivity contribution in [3.63, 3.8) is 0 Å². The zero-order valence-corrected chi connectivity index (χ0v) is 19.3. The smallest absolute Gasteiger partial charge is 0.408 e. The van der Waals surface area contributed by atoms with E-state index in [2.05, 4.69) is 29.4 Å². The molecule has 0 saturated carbocycles. The van der Waals surface area contributed by atoms with E-state index in [4.69, 9.17) is 14.2 Å². The summed E-state index contributed by atoms with van der Waals surface area (Å²) in [6, 6.07) is 6.92. The number of methoxy groups -OCH3 is 2. The van der Waals surface area contributed by atoms with Gasteiger partial charge in [-0.2, -0.15) is 0 Å². The predicted molar refractivity (Wildman–Crippen MR) is 117 cm³/mol. The zero-order chi connectivity index (χ0) is 22.7. The molecule has 0 aliphatic heterocycles. The third kappa shape index (κ3) is 8.59. The van der Waals surface area contributed by atoms with E-state index in [-0.39, 0.29) is 18.6 Å². The largest absolute Gasteiger partial charge is 0.497 e.